The average Bonchev–Trinajstić information content (AvgIpc) is 2.65. The molecule has 0 fully saturated rings. The van der Waals surface area contributed by atoms with E-state index in [1.165, 1.54) is 7.11 Å². The van der Waals surface area contributed by atoms with E-state index in [0.29, 0.717) is 5.56 Å². The fraction of sp³-hybridized carbons (Fsp3) is 0.190. The molecule has 3 aromatic carbocycles. The Balaban J connectivity index is 2.13. The summed E-state index contributed by atoms with van der Waals surface area (Å²) in [5.41, 5.74) is 3.81. The van der Waals surface area contributed by atoms with Crippen LogP contribution < -0.4 is 9.64 Å². The minimum absolute atomic E-state index is 0.329. The van der Waals surface area contributed by atoms with Crippen LogP contribution >= 0.6 is 0 Å². The molecule has 4 heteroatoms. The highest BCUT2D eigenvalue weighted by atomic mass is 16.5. The molecule has 0 saturated heterocycles. The maximum atomic E-state index is 11.6. The number of fused-ring (bicyclic) bond motifs is 1. The highest BCUT2D eigenvalue weighted by Crippen LogP contribution is 2.35. The Morgan fingerprint density at radius 3 is 2.20 bits per heavy atom. The van der Waals surface area contributed by atoms with E-state index < -0.39 is 0 Å². The molecule has 0 bridgehead atoms. The van der Waals surface area contributed by atoms with Crippen molar-refractivity contribution >= 4 is 22.4 Å². The molecule has 0 unspecified atom stereocenters. The lowest BCUT2D eigenvalue weighted by atomic mass is 9.97. The highest BCUT2D eigenvalue weighted by molar-refractivity contribution is 5.96. The number of carbonyl (C=O) groups excluding carboxylic acids is 1. The van der Waals surface area contributed by atoms with Crippen molar-refractivity contribution in [2.45, 2.75) is 0 Å². The lowest BCUT2D eigenvalue weighted by molar-refractivity contribution is 0.0601. The summed E-state index contributed by atoms with van der Waals surface area (Å²) < 4.78 is 10.1. The van der Waals surface area contributed by atoms with E-state index in [9.17, 15) is 4.79 Å². The van der Waals surface area contributed by atoms with Gasteiger partial charge in [-0.15, -0.1) is 0 Å². The first-order chi connectivity index (χ1) is 12.0. The number of hydrogen-bond acceptors (Lipinski definition) is 4. The van der Waals surface area contributed by atoms with Crippen LogP contribution in [0.5, 0.6) is 5.75 Å². The third-order valence-electron chi connectivity index (χ3n) is 4.26. The van der Waals surface area contributed by atoms with Gasteiger partial charge in [0.05, 0.1) is 19.8 Å². The Morgan fingerprint density at radius 2 is 1.60 bits per heavy atom. The molecule has 0 heterocycles. The van der Waals surface area contributed by atoms with Crippen molar-refractivity contribution in [3.05, 3.63) is 60.2 Å². The molecule has 0 aliphatic carbocycles. The van der Waals surface area contributed by atoms with Gasteiger partial charge in [-0.1, -0.05) is 18.2 Å². The van der Waals surface area contributed by atoms with Gasteiger partial charge in [-0.2, -0.15) is 0 Å². The summed E-state index contributed by atoms with van der Waals surface area (Å²) in [5.74, 6) is 0.511. The van der Waals surface area contributed by atoms with Crippen LogP contribution in [0.15, 0.2) is 54.6 Å². The molecule has 0 spiro atoms. The Labute approximate surface area is 147 Å². The number of esters is 1. The van der Waals surface area contributed by atoms with Crippen molar-refractivity contribution in [2.24, 2.45) is 0 Å². The van der Waals surface area contributed by atoms with E-state index in [-0.39, 0.29) is 5.97 Å². The van der Waals surface area contributed by atoms with E-state index >= 15 is 0 Å². The minimum Gasteiger partial charge on any atom is -0.497 e. The second-order valence-electron chi connectivity index (χ2n) is 6.05. The number of ether oxygens (including phenoxy) is 2. The van der Waals surface area contributed by atoms with Crippen molar-refractivity contribution < 1.29 is 14.3 Å². The third kappa shape index (κ3) is 3.29. The number of rotatable bonds is 4. The van der Waals surface area contributed by atoms with E-state index in [1.807, 2.05) is 38.4 Å². The zero-order chi connectivity index (χ0) is 18.0. The first-order valence-electron chi connectivity index (χ1n) is 8.01. The maximum Gasteiger partial charge on any atom is 0.337 e. The largest absolute Gasteiger partial charge is 0.497 e. The normalized spacial score (nSPS) is 10.6. The highest BCUT2D eigenvalue weighted by Gasteiger charge is 2.11. The number of anilines is 1. The molecule has 0 aliphatic rings. The molecule has 0 amide bonds. The minimum atomic E-state index is -0.329. The third-order valence-corrected chi connectivity index (χ3v) is 4.26. The zero-order valence-corrected chi connectivity index (χ0v) is 14.9. The van der Waals surface area contributed by atoms with E-state index in [1.54, 1.807) is 19.2 Å². The van der Waals surface area contributed by atoms with Crippen molar-refractivity contribution in [3.8, 4) is 16.9 Å². The molecule has 0 saturated carbocycles. The van der Waals surface area contributed by atoms with Crippen LogP contribution in [-0.4, -0.2) is 34.3 Å². The summed E-state index contributed by atoms with van der Waals surface area (Å²) in [6, 6.07) is 17.8. The molecule has 0 radical (unpaired) electrons. The van der Waals surface area contributed by atoms with Crippen LogP contribution in [0.25, 0.3) is 21.9 Å². The molecule has 0 N–H and O–H groups in total. The number of benzene rings is 3. The average molecular weight is 335 g/mol. The summed E-state index contributed by atoms with van der Waals surface area (Å²) >= 11 is 0. The first-order valence-corrected chi connectivity index (χ1v) is 8.01. The van der Waals surface area contributed by atoms with Crippen LogP contribution in [-0.2, 0) is 4.74 Å². The molecule has 3 aromatic rings. The smallest absolute Gasteiger partial charge is 0.337 e. The summed E-state index contributed by atoms with van der Waals surface area (Å²) in [6.45, 7) is 0. The molecule has 25 heavy (non-hydrogen) atoms. The molecular formula is C21H21NO3. The maximum absolute atomic E-state index is 11.6. The lowest BCUT2D eigenvalue weighted by Gasteiger charge is -2.19. The van der Waals surface area contributed by atoms with Gasteiger partial charge in [-0.05, 0) is 52.7 Å². The van der Waals surface area contributed by atoms with Crippen molar-refractivity contribution in [3.63, 3.8) is 0 Å². The van der Waals surface area contributed by atoms with E-state index in [4.69, 9.17) is 9.47 Å². The van der Waals surface area contributed by atoms with Crippen LogP contribution in [0.2, 0.25) is 0 Å². The molecule has 0 atom stereocenters. The van der Waals surface area contributed by atoms with Gasteiger partial charge in [0.2, 0.25) is 0 Å². The molecule has 4 nitrogen and oxygen atoms in total. The molecule has 3 rings (SSSR count). The number of methoxy groups -OCH3 is 2. The second-order valence-corrected chi connectivity index (χ2v) is 6.05. The summed E-state index contributed by atoms with van der Waals surface area (Å²) in [4.78, 5) is 13.7. The topological polar surface area (TPSA) is 38.8 Å². The van der Waals surface area contributed by atoms with Crippen molar-refractivity contribution in [2.75, 3.05) is 33.2 Å². The van der Waals surface area contributed by atoms with Gasteiger partial charge >= 0.3 is 5.97 Å². The van der Waals surface area contributed by atoms with E-state index in [2.05, 4.69) is 23.1 Å². The van der Waals surface area contributed by atoms with Gasteiger partial charge in [-0.25, -0.2) is 4.79 Å². The fourth-order valence-corrected chi connectivity index (χ4v) is 2.90. The zero-order valence-electron chi connectivity index (χ0n) is 14.9. The number of carbonyl (C=O) groups is 1. The van der Waals surface area contributed by atoms with Gasteiger partial charge in [0, 0.05) is 25.3 Å². The quantitative estimate of drug-likeness (QED) is 0.664. The van der Waals surface area contributed by atoms with Gasteiger partial charge in [-0.3, -0.25) is 0 Å². The second kappa shape index (κ2) is 6.85. The van der Waals surface area contributed by atoms with Crippen LogP contribution in [0.4, 0.5) is 5.69 Å². The SMILES string of the molecule is COC(=O)c1ccc(-c2cc3ccc(OC)cc3cc2N(C)C)cc1. The molecule has 0 aliphatic heterocycles. The predicted molar refractivity (Wildman–Crippen MR) is 102 cm³/mol. The molecule has 0 aromatic heterocycles. The number of hydrogen-bond donors (Lipinski definition) is 0. The Kier molecular flexibility index (Phi) is 4.61. The standard InChI is InChI=1S/C21H21NO3/c1-22(2)20-13-17-11-18(24-3)10-9-16(17)12-19(20)14-5-7-15(8-6-14)21(23)25-4/h5-13H,1-4H3. The lowest BCUT2D eigenvalue weighted by Crippen LogP contribution is -2.10. The van der Waals surface area contributed by atoms with Gasteiger partial charge in [0.1, 0.15) is 5.75 Å². The number of nitrogens with zero attached hydrogens (tertiary/aromatic N) is 1. The fourth-order valence-electron chi connectivity index (χ4n) is 2.90. The van der Waals surface area contributed by atoms with Gasteiger partial charge < -0.3 is 14.4 Å². The molecule has 128 valence electrons. The van der Waals surface area contributed by atoms with Crippen molar-refractivity contribution in [1.82, 2.24) is 0 Å². The summed E-state index contributed by atoms with van der Waals surface area (Å²) in [5, 5.41) is 2.26. The van der Waals surface area contributed by atoms with Crippen LogP contribution in [0.3, 0.4) is 0 Å². The summed E-state index contributed by atoms with van der Waals surface area (Å²) in [7, 11) is 7.10. The van der Waals surface area contributed by atoms with E-state index in [0.717, 1.165) is 33.3 Å². The predicted octanol–water partition coefficient (Wildman–Crippen LogP) is 4.37. The Bertz CT molecular complexity index is 914. The summed E-state index contributed by atoms with van der Waals surface area (Å²) in [6.07, 6.45) is 0. The van der Waals surface area contributed by atoms with Crippen LogP contribution in [0.1, 0.15) is 10.4 Å². The van der Waals surface area contributed by atoms with Crippen molar-refractivity contribution in [1.29, 1.82) is 0 Å². The molecular weight excluding hydrogens is 314 g/mol. The van der Waals surface area contributed by atoms with Gasteiger partial charge in [0.15, 0.2) is 0 Å². The Hall–Kier alpha value is -3.01. The van der Waals surface area contributed by atoms with Crippen LogP contribution in [0, 0.1) is 0 Å². The Morgan fingerprint density at radius 1 is 0.880 bits per heavy atom. The van der Waals surface area contributed by atoms with Gasteiger partial charge in [0.25, 0.3) is 0 Å². The first kappa shape index (κ1) is 16.8. The monoisotopic (exact) mass is 335 g/mol.